The minimum absolute atomic E-state index is 0.255. The number of hydrogen-bond donors (Lipinski definition) is 6. The Kier molecular flexibility index (Phi) is 19.4. The number of carbonyl (C=O) groups is 4. The molecule has 0 radical (unpaired) electrons. The highest BCUT2D eigenvalue weighted by atomic mass is 127. The van der Waals surface area contributed by atoms with Gasteiger partial charge in [-0.05, 0) is 148 Å². The summed E-state index contributed by atoms with van der Waals surface area (Å²) in [6.45, 7) is -0.707. The molecule has 0 spiro atoms. The van der Waals surface area contributed by atoms with E-state index in [1.54, 1.807) is 14.1 Å². The second-order valence-electron chi connectivity index (χ2n) is 6.20. The van der Waals surface area contributed by atoms with Gasteiger partial charge in [0.05, 0.1) is 29.6 Å². The van der Waals surface area contributed by atoms with E-state index in [1.165, 1.54) is 0 Å². The molecular formula is C20H18I6N2O8S. The molecule has 0 aliphatic heterocycles. The zero-order valence-electron chi connectivity index (χ0n) is 18.7. The van der Waals surface area contributed by atoms with Gasteiger partial charge in [-0.3, -0.25) is 4.79 Å². The molecule has 204 valence electrons. The number of hydrogen-bond acceptors (Lipinski definition) is 7. The Hall–Kier alpha value is 0.810. The zero-order chi connectivity index (χ0) is 29.0. The van der Waals surface area contributed by atoms with Gasteiger partial charge >= 0.3 is 17.9 Å². The van der Waals surface area contributed by atoms with Crippen LogP contribution in [0.3, 0.4) is 0 Å². The third-order valence-electron chi connectivity index (χ3n) is 3.72. The summed E-state index contributed by atoms with van der Waals surface area (Å²) < 4.78 is 9.44. The number of carbonyl (C=O) groups excluding carboxylic acids is 1. The van der Waals surface area contributed by atoms with Crippen LogP contribution in [0.5, 0.6) is 0 Å². The molecule has 0 aliphatic rings. The van der Waals surface area contributed by atoms with Crippen molar-refractivity contribution in [1.82, 2.24) is 0 Å². The van der Waals surface area contributed by atoms with Gasteiger partial charge in [-0.25, -0.2) is 14.4 Å². The summed E-state index contributed by atoms with van der Waals surface area (Å²) in [7, 11) is 3.58. The normalized spacial score (nSPS) is 9.76. The van der Waals surface area contributed by atoms with E-state index >= 15 is 0 Å². The number of carboxylic acids is 3. The highest BCUT2D eigenvalue weighted by Crippen LogP contribution is 2.32. The van der Waals surface area contributed by atoms with E-state index in [4.69, 9.17) is 15.3 Å². The van der Waals surface area contributed by atoms with Gasteiger partial charge in [0.25, 0.3) is 0 Å². The number of nitrogens with one attached hydrogen (secondary N) is 2. The molecule has 0 atom stereocenters. The van der Waals surface area contributed by atoms with E-state index in [0.717, 1.165) is 32.8 Å². The Labute approximate surface area is 299 Å². The minimum Gasteiger partial charge on any atom is -0.480 e. The maximum absolute atomic E-state index is 11.0. The van der Waals surface area contributed by atoms with E-state index < -0.39 is 29.6 Å². The molecule has 0 fully saturated rings. The fourth-order valence-corrected chi connectivity index (χ4v) is 11.1. The summed E-state index contributed by atoms with van der Waals surface area (Å²) in [4.78, 5) is 41.7. The average Bonchev–Trinajstić information content (AvgIpc) is 2.73. The first-order valence-electron chi connectivity index (χ1n) is 9.28. The molecule has 0 saturated carbocycles. The second kappa shape index (κ2) is 19.0. The van der Waals surface area contributed by atoms with Crippen LogP contribution in [-0.4, -0.2) is 65.7 Å². The number of aromatic carboxylic acids is 2. The highest BCUT2D eigenvalue weighted by Gasteiger charge is 2.19. The SMILES string of the molecule is CNc1c(I)cc(I)c(C(=O)O)c1I.CNc1c(I)cc(I)c(C(=O)O)c1I.O=C(O)COCC(=O)S. The molecule has 17 heteroatoms. The molecular weight excluding hydrogens is 1190 g/mol. The van der Waals surface area contributed by atoms with Crippen molar-refractivity contribution in [3.8, 4) is 0 Å². The lowest BCUT2D eigenvalue weighted by molar-refractivity contribution is -0.142. The lowest BCUT2D eigenvalue weighted by Crippen LogP contribution is -2.10. The molecule has 5 N–H and O–H groups in total. The van der Waals surface area contributed by atoms with Crippen LogP contribution in [-0.2, 0) is 14.3 Å². The molecule has 0 heterocycles. The topological polar surface area (TPSA) is 162 Å². The van der Waals surface area contributed by atoms with Gasteiger partial charge in [-0.1, -0.05) is 0 Å². The smallest absolute Gasteiger partial charge is 0.337 e. The molecule has 2 rings (SSSR count). The van der Waals surface area contributed by atoms with E-state index in [2.05, 4.69) is 118 Å². The maximum atomic E-state index is 11.0. The number of ether oxygens (including phenoxy) is 1. The summed E-state index contributed by atoms with van der Waals surface area (Å²) in [5.74, 6) is -2.86. The van der Waals surface area contributed by atoms with Crippen LogP contribution in [0.25, 0.3) is 0 Å². The van der Waals surface area contributed by atoms with Crippen LogP contribution < -0.4 is 10.6 Å². The second-order valence-corrected chi connectivity index (χ2v) is 13.5. The summed E-state index contributed by atoms with van der Waals surface area (Å²) in [6, 6.07) is 3.72. The standard InChI is InChI=1S/2C8H6I3NO2.C4H6O4S/c2*1-12-7-4(10)2-3(9)5(6(7)11)8(13)14;5-3(6)1-8-2-4(7)9/h2*2,12H,1H3,(H,13,14);1-2H2,(H,5,6)(H,7,9). The predicted octanol–water partition coefficient (Wildman–Crippen LogP) is 6.02. The summed E-state index contributed by atoms with van der Waals surface area (Å²) >= 11 is 15.9. The van der Waals surface area contributed by atoms with Crippen molar-refractivity contribution in [2.75, 3.05) is 37.9 Å². The van der Waals surface area contributed by atoms with Crippen LogP contribution >= 0.6 is 148 Å². The van der Waals surface area contributed by atoms with E-state index in [1.807, 2.05) is 57.3 Å². The van der Waals surface area contributed by atoms with Crippen molar-refractivity contribution in [2.45, 2.75) is 0 Å². The zero-order valence-corrected chi connectivity index (χ0v) is 32.5. The molecule has 37 heavy (non-hydrogen) atoms. The Morgan fingerprint density at radius 3 is 1.32 bits per heavy atom. The third-order valence-corrected chi connectivity index (χ3v) is 9.41. The number of thiol groups is 1. The molecule has 0 saturated heterocycles. The van der Waals surface area contributed by atoms with E-state index in [-0.39, 0.29) is 6.61 Å². The van der Waals surface area contributed by atoms with Crippen molar-refractivity contribution in [3.63, 3.8) is 0 Å². The van der Waals surface area contributed by atoms with Gasteiger partial charge in [0.2, 0.25) is 5.12 Å². The highest BCUT2D eigenvalue weighted by molar-refractivity contribution is 14.1. The Bertz CT molecular complexity index is 1090. The van der Waals surface area contributed by atoms with Crippen molar-refractivity contribution in [1.29, 1.82) is 0 Å². The van der Waals surface area contributed by atoms with Crippen molar-refractivity contribution in [2.24, 2.45) is 0 Å². The first-order chi connectivity index (χ1) is 17.1. The molecule has 2 aromatic rings. The van der Waals surface area contributed by atoms with Gasteiger partial charge in [-0.15, -0.1) is 12.6 Å². The van der Waals surface area contributed by atoms with Crippen LogP contribution in [0.15, 0.2) is 12.1 Å². The van der Waals surface area contributed by atoms with Crippen molar-refractivity contribution < 1.29 is 39.2 Å². The number of anilines is 2. The van der Waals surface area contributed by atoms with Crippen LogP contribution in [0.2, 0.25) is 0 Å². The minimum atomic E-state index is -1.09. The largest absolute Gasteiger partial charge is 0.480 e. The summed E-state index contributed by atoms with van der Waals surface area (Å²) in [5.41, 5.74) is 2.50. The van der Waals surface area contributed by atoms with Gasteiger partial charge < -0.3 is 30.7 Å². The van der Waals surface area contributed by atoms with E-state index in [9.17, 15) is 19.2 Å². The predicted molar refractivity (Wildman–Crippen MR) is 195 cm³/mol. The monoisotopic (exact) mass is 1210 g/mol. The fraction of sp³-hybridized carbons (Fsp3) is 0.200. The third kappa shape index (κ3) is 12.9. The maximum Gasteiger partial charge on any atom is 0.337 e. The molecule has 10 nitrogen and oxygen atoms in total. The van der Waals surface area contributed by atoms with Gasteiger partial charge in [0.1, 0.15) is 13.2 Å². The fourth-order valence-electron chi connectivity index (χ4n) is 2.26. The molecule has 0 aromatic heterocycles. The van der Waals surface area contributed by atoms with Crippen LogP contribution in [0.4, 0.5) is 11.4 Å². The van der Waals surface area contributed by atoms with Crippen molar-refractivity contribution in [3.05, 3.63) is 44.7 Å². The Morgan fingerprint density at radius 1 is 0.730 bits per heavy atom. The molecule has 2 aromatic carbocycles. The average molecular weight is 1210 g/mol. The van der Waals surface area contributed by atoms with Crippen molar-refractivity contribution >= 4 is 183 Å². The number of benzene rings is 2. The number of halogens is 6. The summed E-state index contributed by atoms with van der Waals surface area (Å²) in [5, 5.41) is 31.5. The first-order valence-corrected chi connectivity index (χ1v) is 16.2. The van der Waals surface area contributed by atoms with E-state index in [0.29, 0.717) is 11.1 Å². The van der Waals surface area contributed by atoms with Crippen LogP contribution in [0, 0.1) is 21.4 Å². The Morgan fingerprint density at radius 2 is 1.08 bits per heavy atom. The lowest BCUT2D eigenvalue weighted by atomic mass is 10.2. The molecule has 0 amide bonds. The molecule has 0 unspecified atom stereocenters. The lowest BCUT2D eigenvalue weighted by Gasteiger charge is -2.11. The Balaban J connectivity index is 0.000000541. The van der Waals surface area contributed by atoms with Gasteiger partial charge in [-0.2, -0.15) is 0 Å². The first kappa shape index (κ1) is 37.8. The number of aliphatic carboxylic acids is 1. The van der Waals surface area contributed by atoms with Gasteiger partial charge in [0.15, 0.2) is 0 Å². The molecule has 0 bridgehead atoms. The summed E-state index contributed by atoms with van der Waals surface area (Å²) in [6.07, 6.45) is 0. The quantitative estimate of drug-likeness (QED) is 0.136. The van der Waals surface area contributed by atoms with Gasteiger partial charge in [0, 0.05) is 28.4 Å². The number of carboxylic acid groups (broad SMARTS) is 3. The number of rotatable bonds is 8. The molecule has 0 aliphatic carbocycles. The van der Waals surface area contributed by atoms with Crippen LogP contribution in [0.1, 0.15) is 20.7 Å².